The van der Waals surface area contributed by atoms with Gasteiger partial charge in [0.1, 0.15) is 0 Å². The monoisotopic (exact) mass is 248 g/mol. The Hall–Kier alpha value is -1.35. The van der Waals surface area contributed by atoms with Gasteiger partial charge in [0.05, 0.1) is 0 Å². The van der Waals surface area contributed by atoms with Crippen LogP contribution in [0, 0.1) is 19.8 Å². The number of carbonyl (C=O) groups excluding carboxylic acids is 1. The number of carbonyl (C=O) groups is 1. The Bertz CT molecular complexity index is 397. The van der Waals surface area contributed by atoms with Crippen molar-refractivity contribution in [1.82, 2.24) is 5.32 Å². The summed E-state index contributed by atoms with van der Waals surface area (Å²) >= 11 is 0. The lowest BCUT2D eigenvalue weighted by molar-refractivity contribution is -0.124. The van der Waals surface area contributed by atoms with Crippen LogP contribution in [0.4, 0.5) is 0 Å². The number of aryl methyl sites for hydroxylation is 2. The van der Waals surface area contributed by atoms with E-state index in [1.807, 2.05) is 6.92 Å². The van der Waals surface area contributed by atoms with Crippen LogP contribution in [0.15, 0.2) is 18.2 Å². The molecule has 0 bridgehead atoms. The number of nitrogens with two attached hydrogens (primary N) is 1. The molecule has 1 amide bonds. The first kappa shape index (κ1) is 14.7. The second-order valence-electron chi connectivity index (χ2n) is 4.81. The summed E-state index contributed by atoms with van der Waals surface area (Å²) in [7, 11) is 0. The van der Waals surface area contributed by atoms with Crippen LogP contribution in [-0.2, 0) is 11.2 Å². The van der Waals surface area contributed by atoms with Crippen molar-refractivity contribution in [3.05, 3.63) is 34.9 Å². The van der Waals surface area contributed by atoms with Crippen molar-refractivity contribution in [2.45, 2.75) is 33.6 Å². The molecule has 18 heavy (non-hydrogen) atoms. The largest absolute Gasteiger partial charge is 0.355 e. The van der Waals surface area contributed by atoms with Gasteiger partial charge in [-0.25, -0.2) is 0 Å². The van der Waals surface area contributed by atoms with Crippen molar-refractivity contribution < 1.29 is 4.79 Å². The average Bonchev–Trinajstić information content (AvgIpc) is 2.35. The molecule has 0 fully saturated rings. The van der Waals surface area contributed by atoms with Gasteiger partial charge in [-0.1, -0.05) is 30.7 Å². The molecule has 1 unspecified atom stereocenters. The van der Waals surface area contributed by atoms with Gasteiger partial charge in [0.2, 0.25) is 5.91 Å². The minimum atomic E-state index is -0.0522. The average molecular weight is 248 g/mol. The molecule has 0 aromatic heterocycles. The summed E-state index contributed by atoms with van der Waals surface area (Å²) in [5.74, 6) is 0.0221. The predicted molar refractivity (Wildman–Crippen MR) is 75.5 cm³/mol. The van der Waals surface area contributed by atoms with Gasteiger partial charge < -0.3 is 11.1 Å². The lowest BCUT2D eigenvalue weighted by Crippen LogP contribution is -2.35. The zero-order valence-electron chi connectivity index (χ0n) is 11.6. The smallest absolute Gasteiger partial charge is 0.224 e. The highest BCUT2D eigenvalue weighted by Crippen LogP contribution is 2.11. The maximum Gasteiger partial charge on any atom is 0.224 e. The van der Waals surface area contributed by atoms with Gasteiger partial charge in [-0.3, -0.25) is 4.79 Å². The summed E-state index contributed by atoms with van der Waals surface area (Å²) in [6, 6.07) is 6.42. The highest BCUT2D eigenvalue weighted by atomic mass is 16.1. The summed E-state index contributed by atoms with van der Waals surface area (Å²) in [6.45, 7) is 7.28. The Morgan fingerprint density at radius 2 is 2.11 bits per heavy atom. The number of nitrogens with one attached hydrogen (secondary N) is 1. The third-order valence-corrected chi connectivity index (χ3v) is 3.35. The van der Waals surface area contributed by atoms with E-state index in [0.717, 1.165) is 12.8 Å². The van der Waals surface area contributed by atoms with E-state index in [-0.39, 0.29) is 11.8 Å². The van der Waals surface area contributed by atoms with Crippen molar-refractivity contribution in [1.29, 1.82) is 0 Å². The molecule has 3 heteroatoms. The van der Waals surface area contributed by atoms with Gasteiger partial charge in [0.25, 0.3) is 0 Å². The second kappa shape index (κ2) is 7.17. The van der Waals surface area contributed by atoms with Gasteiger partial charge in [-0.2, -0.15) is 0 Å². The standard InChI is InChI=1S/C15H24N2O/c1-4-13(10-16)15(18)17-8-7-14-9-11(2)5-6-12(14)3/h5-6,9,13H,4,7-8,10,16H2,1-3H3,(H,17,18). The first-order valence-corrected chi connectivity index (χ1v) is 6.62. The molecule has 0 saturated carbocycles. The summed E-state index contributed by atoms with van der Waals surface area (Å²) in [6.07, 6.45) is 1.67. The first-order chi connectivity index (χ1) is 8.58. The van der Waals surface area contributed by atoms with Crippen LogP contribution in [0.2, 0.25) is 0 Å². The molecule has 0 saturated heterocycles. The Labute approximate surface area is 110 Å². The van der Waals surface area contributed by atoms with E-state index in [0.29, 0.717) is 13.1 Å². The second-order valence-corrected chi connectivity index (χ2v) is 4.81. The van der Waals surface area contributed by atoms with E-state index in [9.17, 15) is 4.79 Å². The summed E-state index contributed by atoms with van der Waals surface area (Å²) in [4.78, 5) is 11.8. The summed E-state index contributed by atoms with van der Waals surface area (Å²) in [5, 5.41) is 2.96. The predicted octanol–water partition coefficient (Wildman–Crippen LogP) is 1.95. The zero-order valence-corrected chi connectivity index (χ0v) is 11.6. The molecule has 1 atom stereocenters. The Kier molecular flexibility index (Phi) is 5.86. The Morgan fingerprint density at radius 3 is 2.72 bits per heavy atom. The number of hydrogen-bond donors (Lipinski definition) is 2. The van der Waals surface area contributed by atoms with Crippen LogP contribution in [0.3, 0.4) is 0 Å². The van der Waals surface area contributed by atoms with E-state index < -0.39 is 0 Å². The Balaban J connectivity index is 2.46. The molecule has 3 nitrogen and oxygen atoms in total. The van der Waals surface area contributed by atoms with Crippen molar-refractivity contribution in [2.75, 3.05) is 13.1 Å². The molecule has 3 N–H and O–H groups in total. The van der Waals surface area contributed by atoms with Crippen LogP contribution in [0.1, 0.15) is 30.0 Å². The van der Waals surface area contributed by atoms with E-state index in [2.05, 4.69) is 37.4 Å². The quantitative estimate of drug-likeness (QED) is 0.808. The lowest BCUT2D eigenvalue weighted by Gasteiger charge is -2.13. The van der Waals surface area contributed by atoms with Gasteiger partial charge in [0, 0.05) is 19.0 Å². The third kappa shape index (κ3) is 4.15. The highest BCUT2D eigenvalue weighted by molar-refractivity contribution is 5.78. The van der Waals surface area contributed by atoms with Gasteiger partial charge >= 0.3 is 0 Å². The number of benzene rings is 1. The van der Waals surface area contributed by atoms with E-state index in [4.69, 9.17) is 5.73 Å². The molecule has 0 heterocycles. The third-order valence-electron chi connectivity index (χ3n) is 3.35. The van der Waals surface area contributed by atoms with Gasteiger partial charge in [-0.15, -0.1) is 0 Å². The van der Waals surface area contributed by atoms with Crippen LogP contribution >= 0.6 is 0 Å². The zero-order chi connectivity index (χ0) is 13.5. The molecule has 0 aliphatic rings. The molecule has 1 aromatic carbocycles. The van der Waals surface area contributed by atoms with Crippen LogP contribution in [0.25, 0.3) is 0 Å². The van der Waals surface area contributed by atoms with Crippen molar-refractivity contribution in [3.8, 4) is 0 Å². The van der Waals surface area contributed by atoms with Crippen LogP contribution in [0.5, 0.6) is 0 Å². The summed E-state index contributed by atoms with van der Waals surface area (Å²) in [5.41, 5.74) is 9.39. The fourth-order valence-corrected chi connectivity index (χ4v) is 1.99. The maximum absolute atomic E-state index is 11.8. The molecule has 0 aliphatic carbocycles. The molecule has 0 radical (unpaired) electrons. The van der Waals surface area contributed by atoms with Gasteiger partial charge in [0.15, 0.2) is 0 Å². The van der Waals surface area contributed by atoms with Gasteiger partial charge in [-0.05, 0) is 37.8 Å². The minimum Gasteiger partial charge on any atom is -0.355 e. The number of hydrogen-bond acceptors (Lipinski definition) is 2. The molecular formula is C15H24N2O. The van der Waals surface area contributed by atoms with Crippen molar-refractivity contribution >= 4 is 5.91 Å². The minimum absolute atomic E-state index is 0.0522. The topological polar surface area (TPSA) is 55.1 Å². The van der Waals surface area contributed by atoms with Crippen molar-refractivity contribution in [3.63, 3.8) is 0 Å². The highest BCUT2D eigenvalue weighted by Gasteiger charge is 2.13. The Morgan fingerprint density at radius 1 is 1.39 bits per heavy atom. The SMILES string of the molecule is CCC(CN)C(=O)NCCc1cc(C)ccc1C. The molecule has 1 rings (SSSR count). The fourth-order valence-electron chi connectivity index (χ4n) is 1.99. The van der Waals surface area contributed by atoms with E-state index in [1.165, 1.54) is 16.7 Å². The fraction of sp³-hybridized carbons (Fsp3) is 0.533. The molecule has 100 valence electrons. The van der Waals surface area contributed by atoms with Crippen LogP contribution < -0.4 is 11.1 Å². The maximum atomic E-state index is 11.8. The number of amides is 1. The molecule has 1 aromatic rings. The molecular weight excluding hydrogens is 224 g/mol. The molecule has 0 aliphatic heterocycles. The molecule has 0 spiro atoms. The van der Waals surface area contributed by atoms with E-state index >= 15 is 0 Å². The normalized spacial score (nSPS) is 12.2. The van der Waals surface area contributed by atoms with Crippen molar-refractivity contribution in [2.24, 2.45) is 11.7 Å². The first-order valence-electron chi connectivity index (χ1n) is 6.62. The number of rotatable bonds is 6. The lowest BCUT2D eigenvalue weighted by atomic mass is 10.0. The van der Waals surface area contributed by atoms with E-state index in [1.54, 1.807) is 0 Å². The summed E-state index contributed by atoms with van der Waals surface area (Å²) < 4.78 is 0. The van der Waals surface area contributed by atoms with Crippen LogP contribution in [-0.4, -0.2) is 19.0 Å².